The van der Waals surface area contributed by atoms with Crippen LogP contribution in [0.2, 0.25) is 18.1 Å². The van der Waals surface area contributed by atoms with E-state index < -0.39 is 37.9 Å². The van der Waals surface area contributed by atoms with E-state index in [0.717, 1.165) is 16.9 Å². The zero-order chi connectivity index (χ0) is 33.6. The van der Waals surface area contributed by atoms with Gasteiger partial charge in [0.1, 0.15) is 17.8 Å². The van der Waals surface area contributed by atoms with E-state index in [1.54, 1.807) is 21.1 Å². The maximum Gasteiger partial charge on any atom is 0.328 e. The topological polar surface area (TPSA) is 107 Å². The number of nitrogens with zero attached hydrogens (tertiary/aromatic N) is 1. The molecule has 248 valence electrons. The molecule has 1 aliphatic heterocycles. The van der Waals surface area contributed by atoms with Gasteiger partial charge in [0.05, 0.1) is 19.3 Å². The van der Waals surface area contributed by atoms with Crippen LogP contribution in [0, 0.1) is 5.92 Å². The Labute approximate surface area is 279 Å². The normalized spacial score (nSPS) is 21.5. The number of benzene rings is 1. The first kappa shape index (κ1) is 38.2. The van der Waals surface area contributed by atoms with Crippen molar-refractivity contribution in [1.82, 2.24) is 10.2 Å². The molecule has 1 aliphatic rings. The summed E-state index contributed by atoms with van der Waals surface area (Å²) in [5.74, 6) is -0.643. The van der Waals surface area contributed by atoms with Gasteiger partial charge >= 0.3 is 5.97 Å². The van der Waals surface area contributed by atoms with Crippen LogP contribution in [-0.2, 0) is 35.0 Å². The van der Waals surface area contributed by atoms with E-state index in [1.807, 2.05) is 49.1 Å². The lowest BCUT2D eigenvalue weighted by Crippen LogP contribution is -2.57. The highest BCUT2D eigenvalue weighted by molar-refractivity contribution is 14.1. The first-order valence-corrected chi connectivity index (χ1v) is 19.4. The number of ether oxygens (including phenoxy) is 3. The highest BCUT2D eigenvalue weighted by atomic mass is 127. The van der Waals surface area contributed by atoms with E-state index in [0.29, 0.717) is 12.8 Å². The molecule has 2 amide bonds. The second kappa shape index (κ2) is 15.6. The minimum absolute atomic E-state index is 0.0636. The molecule has 1 aromatic carbocycles. The summed E-state index contributed by atoms with van der Waals surface area (Å²) in [5.41, 5.74) is 0.840. The maximum absolute atomic E-state index is 13.8. The Hall–Kier alpha value is -1.96. The Morgan fingerprint density at radius 3 is 2.25 bits per heavy atom. The molecule has 1 N–H and O–H groups in total. The number of likely N-dealkylation sites (N-methyl/N-ethyl adjacent to an activating group) is 1. The monoisotopic (exact) mass is 744 g/mol. The van der Waals surface area contributed by atoms with E-state index in [4.69, 9.17) is 18.6 Å². The highest BCUT2D eigenvalue weighted by Gasteiger charge is 2.61. The minimum atomic E-state index is -2.00. The maximum atomic E-state index is 13.8. The molecule has 2 rings (SSSR count). The van der Waals surface area contributed by atoms with Crippen molar-refractivity contribution in [3.05, 3.63) is 39.5 Å². The molecule has 1 aromatic rings. The third-order valence-corrected chi connectivity index (χ3v) is 14.6. The molecule has 1 heterocycles. The van der Waals surface area contributed by atoms with Gasteiger partial charge in [0.2, 0.25) is 14.2 Å². The largest absolute Gasteiger partial charge is 0.544 e. The summed E-state index contributed by atoms with van der Waals surface area (Å²) in [4.78, 5) is 41.8. The Bertz CT molecular complexity index is 1180. The van der Waals surface area contributed by atoms with Gasteiger partial charge in [0.25, 0.3) is 5.91 Å². The van der Waals surface area contributed by atoms with Crippen molar-refractivity contribution < 1.29 is 33.0 Å². The number of epoxide rings is 1. The van der Waals surface area contributed by atoms with Gasteiger partial charge in [-0.25, -0.2) is 4.79 Å². The average Bonchev–Trinajstić information content (AvgIpc) is 3.64. The van der Waals surface area contributed by atoms with Gasteiger partial charge in [-0.3, -0.25) is 9.59 Å². The zero-order valence-corrected chi connectivity index (χ0v) is 31.7. The Kier molecular flexibility index (Phi) is 13.5. The van der Waals surface area contributed by atoms with Crippen molar-refractivity contribution in [1.29, 1.82) is 0 Å². The third kappa shape index (κ3) is 9.29. The Morgan fingerprint density at radius 1 is 1.18 bits per heavy atom. The molecule has 0 aromatic heterocycles. The number of amides is 2. The van der Waals surface area contributed by atoms with Crippen LogP contribution in [0.15, 0.2) is 33.9 Å². The molecule has 0 unspecified atom stereocenters. The third-order valence-electron chi connectivity index (χ3n) is 9.30. The van der Waals surface area contributed by atoms with Gasteiger partial charge in [-0.15, -0.1) is 0 Å². The molecule has 0 bridgehead atoms. The smallest absolute Gasteiger partial charge is 0.328 e. The molecule has 44 heavy (non-hydrogen) atoms. The second-order valence-corrected chi connectivity index (χ2v) is 18.9. The van der Waals surface area contributed by atoms with E-state index >= 15 is 0 Å². The summed E-state index contributed by atoms with van der Waals surface area (Å²) in [6.07, 6.45) is 0.914. The highest BCUT2D eigenvalue weighted by Crippen LogP contribution is 2.42. The predicted octanol–water partition coefficient (Wildman–Crippen LogP) is 6.05. The van der Waals surface area contributed by atoms with Crippen LogP contribution >= 0.6 is 22.6 Å². The van der Waals surface area contributed by atoms with Gasteiger partial charge in [0, 0.05) is 27.0 Å². The number of halogens is 1. The number of hydrogen-bond acceptors (Lipinski definition) is 7. The Morgan fingerprint density at radius 2 is 1.77 bits per heavy atom. The van der Waals surface area contributed by atoms with Crippen molar-refractivity contribution in [2.75, 3.05) is 21.3 Å². The molecule has 1 saturated heterocycles. The van der Waals surface area contributed by atoms with Gasteiger partial charge in [-0.1, -0.05) is 75.8 Å². The average molecular weight is 745 g/mol. The fourth-order valence-electron chi connectivity index (χ4n) is 4.94. The number of carbonyl (C=O) groups is 3. The van der Waals surface area contributed by atoms with E-state index in [1.165, 1.54) is 12.0 Å². The van der Waals surface area contributed by atoms with E-state index in [9.17, 15) is 14.4 Å². The standard InChI is InChI=1S/C33H53IN2O7Si/c1-13-21(2)28(36(8)31(39)33(7)27(42-33)19-26(40-9)22(3)20-34)29(37)35-25(30(38)41-10)18-23-14-16-24(17-15-23)43-44(11,12)32(4,5)6/h14-17,20-21,25-28H,13,18-19H2,1-12H3,(H,35,37)/b22-20+/t21-,25+,26+,27-,28-,33+/m0/s1. The van der Waals surface area contributed by atoms with Gasteiger partial charge in [-0.05, 0) is 65.2 Å². The molecule has 9 nitrogen and oxygen atoms in total. The van der Waals surface area contributed by atoms with Crippen LogP contribution in [0.5, 0.6) is 5.75 Å². The zero-order valence-electron chi connectivity index (χ0n) is 28.6. The molecular formula is C33H53IN2O7Si. The SMILES string of the molecule is CC[C@H](C)[C@@H](C(=O)N[C@H](Cc1ccc(O[Si](C)(C)C(C)(C)C)cc1)C(=O)OC)N(C)C(=O)[C@]1(C)O[C@H]1C[C@@H](OC)/C(C)=C/I. The van der Waals surface area contributed by atoms with Crippen molar-refractivity contribution >= 4 is 48.7 Å². The van der Waals surface area contributed by atoms with Crippen molar-refractivity contribution in [3.8, 4) is 5.75 Å². The quantitative estimate of drug-likeness (QED) is 0.101. The molecule has 0 radical (unpaired) electrons. The van der Waals surface area contributed by atoms with Crippen LogP contribution < -0.4 is 9.74 Å². The summed E-state index contributed by atoms with van der Waals surface area (Å²) in [5, 5.41) is 2.95. The lowest BCUT2D eigenvalue weighted by Gasteiger charge is -2.36. The number of carbonyl (C=O) groups excluding carboxylic acids is 3. The second-order valence-electron chi connectivity index (χ2n) is 13.6. The number of hydrogen-bond donors (Lipinski definition) is 1. The summed E-state index contributed by atoms with van der Waals surface area (Å²) < 4.78 is 24.9. The van der Waals surface area contributed by atoms with Crippen LogP contribution in [0.4, 0.5) is 0 Å². The van der Waals surface area contributed by atoms with Gasteiger partial charge in [-0.2, -0.15) is 0 Å². The minimum Gasteiger partial charge on any atom is -0.544 e. The van der Waals surface area contributed by atoms with Crippen molar-refractivity contribution in [3.63, 3.8) is 0 Å². The molecule has 0 spiro atoms. The summed E-state index contributed by atoms with van der Waals surface area (Å²) in [7, 11) is 2.56. The predicted molar refractivity (Wildman–Crippen MR) is 184 cm³/mol. The van der Waals surface area contributed by atoms with Crippen LogP contribution in [0.3, 0.4) is 0 Å². The molecule has 11 heteroatoms. The van der Waals surface area contributed by atoms with Crippen LogP contribution in [-0.4, -0.2) is 82.2 Å². The van der Waals surface area contributed by atoms with E-state index in [2.05, 4.69) is 61.8 Å². The first-order chi connectivity index (χ1) is 20.4. The fourth-order valence-corrected chi connectivity index (χ4v) is 6.37. The number of rotatable bonds is 15. The van der Waals surface area contributed by atoms with Crippen molar-refractivity contribution in [2.45, 2.75) is 116 Å². The number of esters is 1. The molecule has 1 fully saturated rings. The lowest BCUT2D eigenvalue weighted by molar-refractivity contribution is -0.148. The van der Waals surface area contributed by atoms with Gasteiger partial charge in [0.15, 0.2) is 5.60 Å². The molecule has 0 aliphatic carbocycles. The summed E-state index contributed by atoms with van der Waals surface area (Å²) in [6.45, 7) is 18.6. The number of methoxy groups -OCH3 is 2. The number of nitrogens with one attached hydrogen (secondary N) is 1. The lowest BCUT2D eigenvalue weighted by atomic mass is 9.93. The summed E-state index contributed by atoms with van der Waals surface area (Å²) >= 11 is 2.17. The molecule has 6 atom stereocenters. The van der Waals surface area contributed by atoms with Gasteiger partial charge < -0.3 is 28.9 Å². The van der Waals surface area contributed by atoms with Crippen LogP contribution in [0.1, 0.15) is 66.9 Å². The molecular weight excluding hydrogens is 691 g/mol. The first-order valence-electron chi connectivity index (χ1n) is 15.3. The summed E-state index contributed by atoms with van der Waals surface area (Å²) in [6, 6.07) is 5.87. The van der Waals surface area contributed by atoms with Crippen molar-refractivity contribution in [2.24, 2.45) is 5.92 Å². The Balaban J connectivity index is 2.20. The molecule has 0 saturated carbocycles. The van der Waals surface area contributed by atoms with Crippen LogP contribution in [0.25, 0.3) is 0 Å². The van der Waals surface area contributed by atoms with E-state index in [-0.39, 0.29) is 35.5 Å². The fraction of sp³-hybridized carbons (Fsp3) is 0.667.